The SMILES string of the molecule is O=C(CN1CCCC1C(=O)NCc1ccco1)Nc1cc(Cl)ccc1F. The molecular weight excluding hydrogens is 361 g/mol. The van der Waals surface area contributed by atoms with Gasteiger partial charge in [-0.1, -0.05) is 11.6 Å². The van der Waals surface area contributed by atoms with Crippen molar-refractivity contribution in [1.29, 1.82) is 0 Å². The van der Waals surface area contributed by atoms with E-state index in [0.717, 1.165) is 6.42 Å². The highest BCUT2D eigenvalue weighted by Gasteiger charge is 2.31. The molecule has 1 fully saturated rings. The van der Waals surface area contributed by atoms with Crippen molar-refractivity contribution in [2.75, 3.05) is 18.4 Å². The van der Waals surface area contributed by atoms with Crippen LogP contribution in [0.3, 0.4) is 0 Å². The molecule has 26 heavy (non-hydrogen) atoms. The lowest BCUT2D eigenvalue weighted by atomic mass is 10.2. The van der Waals surface area contributed by atoms with E-state index in [-0.39, 0.29) is 24.2 Å². The zero-order chi connectivity index (χ0) is 18.5. The van der Waals surface area contributed by atoms with Gasteiger partial charge in [0.25, 0.3) is 0 Å². The Hall–Kier alpha value is -2.38. The number of halogens is 2. The van der Waals surface area contributed by atoms with Gasteiger partial charge in [0, 0.05) is 5.02 Å². The molecule has 2 N–H and O–H groups in total. The molecule has 1 atom stereocenters. The van der Waals surface area contributed by atoms with E-state index in [4.69, 9.17) is 16.0 Å². The first-order valence-electron chi connectivity index (χ1n) is 8.32. The number of carbonyl (C=O) groups is 2. The molecule has 2 aromatic rings. The molecule has 1 aliphatic rings. The van der Waals surface area contributed by atoms with Crippen LogP contribution in [-0.4, -0.2) is 35.8 Å². The maximum Gasteiger partial charge on any atom is 0.238 e. The number of nitrogens with one attached hydrogen (secondary N) is 2. The van der Waals surface area contributed by atoms with Gasteiger partial charge in [0.05, 0.1) is 31.1 Å². The Labute approximate surface area is 155 Å². The quantitative estimate of drug-likeness (QED) is 0.809. The molecule has 1 aromatic carbocycles. The second kappa shape index (κ2) is 8.33. The maximum absolute atomic E-state index is 13.7. The predicted molar refractivity (Wildman–Crippen MR) is 95.2 cm³/mol. The lowest BCUT2D eigenvalue weighted by Gasteiger charge is -2.23. The number of furan rings is 1. The van der Waals surface area contributed by atoms with Gasteiger partial charge in [0.15, 0.2) is 0 Å². The van der Waals surface area contributed by atoms with E-state index in [9.17, 15) is 14.0 Å². The van der Waals surface area contributed by atoms with Gasteiger partial charge in [-0.05, 0) is 49.7 Å². The number of hydrogen-bond donors (Lipinski definition) is 2. The van der Waals surface area contributed by atoms with Crippen molar-refractivity contribution in [3.8, 4) is 0 Å². The Kier molecular flexibility index (Phi) is 5.90. The van der Waals surface area contributed by atoms with Crippen LogP contribution in [0.25, 0.3) is 0 Å². The van der Waals surface area contributed by atoms with E-state index in [2.05, 4.69) is 10.6 Å². The van der Waals surface area contributed by atoms with Crippen molar-refractivity contribution in [2.24, 2.45) is 0 Å². The van der Waals surface area contributed by atoms with Gasteiger partial charge in [-0.2, -0.15) is 0 Å². The summed E-state index contributed by atoms with van der Waals surface area (Å²) < 4.78 is 18.9. The number of rotatable bonds is 6. The van der Waals surface area contributed by atoms with Gasteiger partial charge >= 0.3 is 0 Å². The molecule has 0 radical (unpaired) electrons. The molecule has 1 saturated heterocycles. The summed E-state index contributed by atoms with van der Waals surface area (Å²) in [5, 5.41) is 5.65. The van der Waals surface area contributed by atoms with Crippen molar-refractivity contribution >= 4 is 29.1 Å². The first kappa shape index (κ1) is 18.4. The fourth-order valence-electron chi connectivity index (χ4n) is 2.98. The molecule has 2 heterocycles. The molecule has 0 spiro atoms. The van der Waals surface area contributed by atoms with E-state index >= 15 is 0 Å². The van der Waals surface area contributed by atoms with Crippen LogP contribution in [0.1, 0.15) is 18.6 Å². The first-order valence-corrected chi connectivity index (χ1v) is 8.70. The fraction of sp³-hybridized carbons (Fsp3) is 0.333. The van der Waals surface area contributed by atoms with Crippen LogP contribution in [-0.2, 0) is 16.1 Å². The number of carbonyl (C=O) groups excluding carboxylic acids is 2. The van der Waals surface area contributed by atoms with Crippen LogP contribution in [0, 0.1) is 5.82 Å². The number of hydrogen-bond acceptors (Lipinski definition) is 4. The minimum Gasteiger partial charge on any atom is -0.467 e. The van der Waals surface area contributed by atoms with E-state index in [1.807, 2.05) is 0 Å². The third-order valence-corrected chi connectivity index (χ3v) is 4.47. The summed E-state index contributed by atoms with van der Waals surface area (Å²) >= 11 is 5.82. The Bertz CT molecular complexity index is 782. The van der Waals surface area contributed by atoms with Crippen LogP contribution in [0.15, 0.2) is 41.0 Å². The zero-order valence-electron chi connectivity index (χ0n) is 14.0. The lowest BCUT2D eigenvalue weighted by molar-refractivity contribution is -0.126. The van der Waals surface area contributed by atoms with Crippen LogP contribution in [0.4, 0.5) is 10.1 Å². The van der Waals surface area contributed by atoms with Crippen molar-refractivity contribution in [3.63, 3.8) is 0 Å². The number of nitrogens with zero attached hydrogens (tertiary/aromatic N) is 1. The smallest absolute Gasteiger partial charge is 0.238 e. The van der Waals surface area contributed by atoms with Crippen LogP contribution >= 0.6 is 11.6 Å². The highest BCUT2D eigenvalue weighted by molar-refractivity contribution is 6.30. The molecule has 0 aliphatic carbocycles. The summed E-state index contributed by atoms with van der Waals surface area (Å²) in [4.78, 5) is 26.4. The van der Waals surface area contributed by atoms with E-state index in [0.29, 0.717) is 30.3 Å². The van der Waals surface area contributed by atoms with Crippen molar-refractivity contribution in [1.82, 2.24) is 10.2 Å². The summed E-state index contributed by atoms with van der Waals surface area (Å²) in [6, 6.07) is 7.10. The highest BCUT2D eigenvalue weighted by atomic mass is 35.5. The lowest BCUT2D eigenvalue weighted by Crippen LogP contribution is -2.45. The van der Waals surface area contributed by atoms with Gasteiger partial charge in [0.1, 0.15) is 11.6 Å². The molecule has 1 unspecified atom stereocenters. The van der Waals surface area contributed by atoms with Crippen molar-refractivity contribution in [2.45, 2.75) is 25.4 Å². The van der Waals surface area contributed by atoms with Crippen molar-refractivity contribution in [3.05, 3.63) is 53.2 Å². The molecule has 2 amide bonds. The zero-order valence-corrected chi connectivity index (χ0v) is 14.8. The molecule has 138 valence electrons. The minimum absolute atomic E-state index is 0.00475. The molecular formula is C18H19ClFN3O3. The minimum atomic E-state index is -0.558. The summed E-state index contributed by atoms with van der Waals surface area (Å²) in [6.45, 7) is 0.936. The summed E-state index contributed by atoms with van der Waals surface area (Å²) in [5.41, 5.74) is 0.0283. The number of amides is 2. The molecule has 1 aromatic heterocycles. The Balaban J connectivity index is 1.55. The third kappa shape index (κ3) is 4.62. The molecule has 8 heteroatoms. The van der Waals surface area contributed by atoms with Crippen LogP contribution in [0.2, 0.25) is 5.02 Å². The third-order valence-electron chi connectivity index (χ3n) is 4.23. The van der Waals surface area contributed by atoms with Crippen molar-refractivity contribution < 1.29 is 18.4 Å². The number of benzene rings is 1. The monoisotopic (exact) mass is 379 g/mol. The number of likely N-dealkylation sites (tertiary alicyclic amines) is 1. The summed E-state index contributed by atoms with van der Waals surface area (Å²) in [7, 11) is 0. The predicted octanol–water partition coefficient (Wildman–Crippen LogP) is 2.79. The topological polar surface area (TPSA) is 74.6 Å². The van der Waals surface area contributed by atoms with Gasteiger partial charge in [-0.25, -0.2) is 4.39 Å². The average Bonchev–Trinajstić information content (AvgIpc) is 3.27. The number of anilines is 1. The van der Waals surface area contributed by atoms with Gasteiger partial charge in [-0.15, -0.1) is 0 Å². The fourth-order valence-corrected chi connectivity index (χ4v) is 3.16. The van der Waals surface area contributed by atoms with Crippen LogP contribution in [0.5, 0.6) is 0 Å². The Morgan fingerprint density at radius 3 is 2.96 bits per heavy atom. The molecule has 1 aliphatic heterocycles. The first-order chi connectivity index (χ1) is 12.5. The van der Waals surface area contributed by atoms with E-state index in [1.54, 1.807) is 23.3 Å². The largest absolute Gasteiger partial charge is 0.467 e. The molecule has 0 bridgehead atoms. The molecule has 3 rings (SSSR count). The second-order valence-electron chi connectivity index (χ2n) is 6.10. The molecule has 0 saturated carbocycles. The normalized spacial score (nSPS) is 17.2. The van der Waals surface area contributed by atoms with E-state index < -0.39 is 11.7 Å². The van der Waals surface area contributed by atoms with Crippen LogP contribution < -0.4 is 10.6 Å². The Morgan fingerprint density at radius 2 is 2.19 bits per heavy atom. The highest BCUT2D eigenvalue weighted by Crippen LogP contribution is 2.21. The second-order valence-corrected chi connectivity index (χ2v) is 6.53. The summed E-state index contributed by atoms with van der Waals surface area (Å²) in [5.74, 6) is -0.438. The maximum atomic E-state index is 13.7. The molecule has 6 nitrogen and oxygen atoms in total. The van der Waals surface area contributed by atoms with Gasteiger partial charge in [-0.3, -0.25) is 14.5 Å². The Morgan fingerprint density at radius 1 is 1.35 bits per heavy atom. The van der Waals surface area contributed by atoms with Gasteiger partial charge in [0.2, 0.25) is 11.8 Å². The van der Waals surface area contributed by atoms with Gasteiger partial charge < -0.3 is 15.1 Å². The average molecular weight is 380 g/mol. The van der Waals surface area contributed by atoms with E-state index in [1.165, 1.54) is 18.2 Å². The standard InChI is InChI=1S/C18H19ClFN3O3/c19-12-5-6-14(20)15(9-12)22-17(24)11-23-7-1-4-16(23)18(25)21-10-13-3-2-8-26-13/h2-3,5-6,8-9,16H,1,4,7,10-11H2,(H,21,25)(H,22,24). The summed E-state index contributed by atoms with van der Waals surface area (Å²) in [6.07, 6.45) is 3.03.